The van der Waals surface area contributed by atoms with Crippen molar-refractivity contribution < 1.29 is 13.6 Å². The van der Waals surface area contributed by atoms with Gasteiger partial charge in [0.2, 0.25) is 9.84 Å². The van der Waals surface area contributed by atoms with Crippen LogP contribution in [0.15, 0.2) is 54.6 Å². The molecule has 3 aromatic heterocycles. The zero-order chi connectivity index (χ0) is 19.5. The zero-order valence-corrected chi connectivity index (χ0v) is 15.9. The Kier molecular flexibility index (Phi) is 3.71. The number of aromatic amines is 1. The highest BCUT2D eigenvalue weighted by molar-refractivity contribution is 9.10. The molecule has 12 heteroatoms. The highest BCUT2D eigenvalue weighted by atomic mass is 79.9. The van der Waals surface area contributed by atoms with Gasteiger partial charge in [0.15, 0.2) is 10.7 Å². The van der Waals surface area contributed by atoms with Crippen LogP contribution in [0.1, 0.15) is 0 Å². The number of hydrogen-bond donors (Lipinski definition) is 2. The molecule has 0 bridgehead atoms. The van der Waals surface area contributed by atoms with Crippen LogP contribution in [0, 0.1) is 0 Å². The van der Waals surface area contributed by atoms with Crippen molar-refractivity contribution in [2.45, 2.75) is 9.92 Å². The molecule has 0 unspecified atom stereocenters. The van der Waals surface area contributed by atoms with Crippen molar-refractivity contribution in [3.05, 3.63) is 55.9 Å². The smallest absolute Gasteiger partial charge is 0.362 e. The Bertz CT molecular complexity index is 1470. The van der Waals surface area contributed by atoms with Gasteiger partial charge in [-0.2, -0.15) is 0 Å². The van der Waals surface area contributed by atoms with Crippen molar-refractivity contribution in [2.24, 2.45) is 7.05 Å². The van der Waals surface area contributed by atoms with Crippen molar-refractivity contribution in [1.82, 2.24) is 24.2 Å². The standard InChI is InChI=1S/C15H10BrN5O5S/c1-20-5-4-8-13(20)18-10(6-17-8)27(25,26)9-3-2-7(16)11-12(9)19-15(23)21(24)14(11)22/h2-6,24H,1H3,(H,19,23). The summed E-state index contributed by atoms with van der Waals surface area (Å²) >= 11 is 3.13. The quantitative estimate of drug-likeness (QED) is 0.429. The summed E-state index contributed by atoms with van der Waals surface area (Å²) < 4.78 is 28.0. The first-order valence-electron chi connectivity index (χ1n) is 7.42. The Hall–Kier alpha value is -2.99. The summed E-state index contributed by atoms with van der Waals surface area (Å²) in [6, 6.07) is 4.26. The molecule has 3 heterocycles. The van der Waals surface area contributed by atoms with Gasteiger partial charge in [-0.05, 0) is 34.1 Å². The van der Waals surface area contributed by atoms with Crippen molar-refractivity contribution in [1.29, 1.82) is 0 Å². The molecule has 0 radical (unpaired) electrons. The Labute approximate surface area is 158 Å². The lowest BCUT2D eigenvalue weighted by Crippen LogP contribution is -2.33. The molecule has 0 aliphatic rings. The number of nitrogens with zero attached hydrogens (tertiary/aromatic N) is 4. The van der Waals surface area contributed by atoms with E-state index in [2.05, 4.69) is 30.9 Å². The van der Waals surface area contributed by atoms with Crippen molar-refractivity contribution in [3.63, 3.8) is 0 Å². The fourth-order valence-electron chi connectivity index (χ4n) is 2.72. The van der Waals surface area contributed by atoms with Crippen LogP contribution in [0.3, 0.4) is 0 Å². The van der Waals surface area contributed by atoms with Crippen LogP contribution in [0.5, 0.6) is 0 Å². The summed E-state index contributed by atoms with van der Waals surface area (Å²) in [5.41, 5.74) is -1.57. The summed E-state index contributed by atoms with van der Waals surface area (Å²) in [6.07, 6.45) is 2.80. The van der Waals surface area contributed by atoms with Gasteiger partial charge in [0, 0.05) is 17.7 Å². The van der Waals surface area contributed by atoms with Gasteiger partial charge in [0.1, 0.15) is 5.52 Å². The summed E-state index contributed by atoms with van der Waals surface area (Å²) in [4.78, 5) is 34.1. The minimum Gasteiger partial charge on any atom is -0.421 e. The van der Waals surface area contributed by atoms with Gasteiger partial charge < -0.3 is 14.8 Å². The van der Waals surface area contributed by atoms with E-state index in [1.807, 2.05) is 0 Å². The minimum atomic E-state index is -4.22. The van der Waals surface area contributed by atoms with Crippen LogP contribution in [0.2, 0.25) is 0 Å². The van der Waals surface area contributed by atoms with Crippen molar-refractivity contribution in [3.8, 4) is 0 Å². The molecule has 4 aromatic rings. The molecule has 4 rings (SSSR count). The van der Waals surface area contributed by atoms with Crippen LogP contribution >= 0.6 is 15.9 Å². The summed E-state index contributed by atoms with van der Waals surface area (Å²) in [5.74, 6) is 0. The number of H-pyrrole nitrogens is 1. The van der Waals surface area contributed by atoms with E-state index in [1.54, 1.807) is 23.9 Å². The Morgan fingerprint density at radius 1 is 1.22 bits per heavy atom. The fourth-order valence-corrected chi connectivity index (χ4v) is 4.51. The van der Waals surface area contributed by atoms with Gasteiger partial charge in [-0.15, -0.1) is 0 Å². The topological polar surface area (TPSA) is 140 Å². The van der Waals surface area contributed by atoms with Gasteiger partial charge in [-0.25, -0.2) is 23.2 Å². The van der Waals surface area contributed by atoms with E-state index < -0.39 is 21.1 Å². The number of nitrogens with one attached hydrogen (secondary N) is 1. The third-order valence-corrected chi connectivity index (χ3v) is 6.39. The number of sulfone groups is 1. The lowest BCUT2D eigenvalue weighted by atomic mass is 10.2. The molecule has 0 fully saturated rings. The molecule has 0 saturated carbocycles. The molecule has 0 atom stereocenters. The van der Waals surface area contributed by atoms with Crippen LogP contribution in [-0.4, -0.2) is 37.9 Å². The molecule has 138 valence electrons. The number of aryl methyl sites for hydroxylation is 1. The van der Waals surface area contributed by atoms with E-state index in [0.717, 1.165) is 6.20 Å². The minimum absolute atomic E-state index is 0.126. The first kappa shape index (κ1) is 17.4. The van der Waals surface area contributed by atoms with Gasteiger partial charge in [-0.3, -0.25) is 4.79 Å². The maximum atomic E-state index is 13.1. The first-order chi connectivity index (χ1) is 12.7. The van der Waals surface area contributed by atoms with E-state index in [9.17, 15) is 23.2 Å². The molecule has 0 amide bonds. The monoisotopic (exact) mass is 451 g/mol. The largest absolute Gasteiger partial charge is 0.421 e. The zero-order valence-electron chi connectivity index (χ0n) is 13.5. The Balaban J connectivity index is 2.08. The van der Waals surface area contributed by atoms with E-state index in [1.165, 1.54) is 12.1 Å². The lowest BCUT2D eigenvalue weighted by Gasteiger charge is -2.09. The highest BCUT2D eigenvalue weighted by Gasteiger charge is 2.26. The van der Waals surface area contributed by atoms with E-state index in [0.29, 0.717) is 11.2 Å². The number of fused-ring (bicyclic) bond motifs is 2. The number of benzene rings is 1. The van der Waals surface area contributed by atoms with Gasteiger partial charge in [0.25, 0.3) is 5.56 Å². The fraction of sp³-hybridized carbons (Fsp3) is 0.0667. The molecule has 1 aromatic carbocycles. The maximum Gasteiger partial charge on any atom is 0.362 e. The van der Waals surface area contributed by atoms with Crippen LogP contribution in [0.25, 0.3) is 22.1 Å². The number of halogens is 1. The van der Waals surface area contributed by atoms with E-state index >= 15 is 0 Å². The van der Waals surface area contributed by atoms with E-state index in [4.69, 9.17) is 0 Å². The van der Waals surface area contributed by atoms with Crippen LogP contribution < -0.4 is 11.2 Å². The molecule has 10 nitrogen and oxygen atoms in total. The molecule has 0 saturated heterocycles. The van der Waals surface area contributed by atoms with Crippen LogP contribution in [0.4, 0.5) is 0 Å². The maximum absolute atomic E-state index is 13.1. The van der Waals surface area contributed by atoms with Gasteiger partial charge in [0.05, 0.1) is 22.0 Å². The summed E-state index contributed by atoms with van der Waals surface area (Å²) in [7, 11) is -2.52. The predicted octanol–water partition coefficient (Wildman–Crippen LogP) is 0.804. The molecule has 0 aliphatic carbocycles. The normalized spacial score (nSPS) is 12.1. The van der Waals surface area contributed by atoms with Gasteiger partial charge in [-0.1, -0.05) is 4.73 Å². The van der Waals surface area contributed by atoms with Crippen molar-refractivity contribution in [2.75, 3.05) is 0 Å². The SMILES string of the molecule is Cn1ccc2ncc(S(=O)(=O)c3ccc(Br)c4c(=O)n(O)c(=O)[nH]c34)nc21. The molecule has 0 spiro atoms. The molecular weight excluding hydrogens is 442 g/mol. The molecular formula is C15H10BrN5O5S. The third kappa shape index (κ3) is 2.48. The number of hydrogen-bond acceptors (Lipinski definition) is 7. The Morgan fingerprint density at radius 3 is 2.70 bits per heavy atom. The molecule has 2 N–H and O–H groups in total. The number of aromatic nitrogens is 5. The predicted molar refractivity (Wildman–Crippen MR) is 97.7 cm³/mol. The Morgan fingerprint density at radius 2 is 1.96 bits per heavy atom. The molecule has 0 aliphatic heterocycles. The lowest BCUT2D eigenvalue weighted by molar-refractivity contribution is 0.162. The second-order valence-corrected chi connectivity index (χ2v) is 8.41. The summed E-state index contributed by atoms with van der Waals surface area (Å²) in [6.45, 7) is 0. The van der Waals surface area contributed by atoms with E-state index in [-0.39, 0.29) is 30.0 Å². The second-order valence-electron chi connectivity index (χ2n) is 5.69. The number of rotatable bonds is 2. The average molecular weight is 452 g/mol. The van der Waals surface area contributed by atoms with Gasteiger partial charge >= 0.3 is 5.69 Å². The third-order valence-electron chi connectivity index (χ3n) is 4.06. The van der Waals surface area contributed by atoms with Crippen molar-refractivity contribution >= 4 is 47.8 Å². The molecule has 27 heavy (non-hydrogen) atoms. The summed E-state index contributed by atoms with van der Waals surface area (Å²) in [5, 5.41) is 9.00. The first-order valence-corrected chi connectivity index (χ1v) is 9.69. The second kappa shape index (κ2) is 5.76. The van der Waals surface area contributed by atoms with Crippen LogP contribution in [-0.2, 0) is 16.9 Å². The highest BCUT2D eigenvalue weighted by Crippen LogP contribution is 2.29. The average Bonchev–Trinajstić information content (AvgIpc) is 3.00.